The maximum absolute atomic E-state index is 13.8. The molecule has 0 saturated carbocycles. The van der Waals surface area contributed by atoms with Crippen molar-refractivity contribution in [1.29, 1.82) is 0 Å². The van der Waals surface area contributed by atoms with Gasteiger partial charge < -0.3 is 9.80 Å². The van der Waals surface area contributed by atoms with E-state index in [1.165, 1.54) is 0 Å². The lowest BCUT2D eigenvalue weighted by Crippen LogP contribution is -2.28. The Labute approximate surface area is 216 Å². The minimum absolute atomic E-state index is 0.154. The van der Waals surface area contributed by atoms with Crippen molar-refractivity contribution in [1.82, 2.24) is 34.8 Å². The van der Waals surface area contributed by atoms with Crippen molar-refractivity contribution in [2.24, 2.45) is 0 Å². The Morgan fingerprint density at radius 1 is 1.03 bits per heavy atom. The monoisotopic (exact) mass is 496 g/mol. The number of fused-ring (bicyclic) bond motifs is 2. The number of amides is 1. The maximum atomic E-state index is 13.8. The Morgan fingerprint density at radius 2 is 1.81 bits per heavy atom. The molecule has 37 heavy (non-hydrogen) atoms. The number of rotatable bonds is 6. The summed E-state index contributed by atoms with van der Waals surface area (Å²) in [6, 6.07) is 10.1. The number of H-pyrrole nitrogens is 1. The van der Waals surface area contributed by atoms with E-state index in [1.54, 1.807) is 11.9 Å². The number of hydrogen-bond donors (Lipinski definition) is 1. The average Bonchev–Trinajstić information content (AvgIpc) is 3.45. The molecular formula is C28H32N8O. The zero-order valence-electron chi connectivity index (χ0n) is 22.4. The van der Waals surface area contributed by atoms with Crippen LogP contribution in [0.1, 0.15) is 39.8 Å². The molecule has 0 fully saturated rings. The first-order chi connectivity index (χ1) is 17.7. The topological polar surface area (TPSA) is 95.8 Å². The Hall–Kier alpha value is -4.27. The zero-order valence-corrected chi connectivity index (χ0v) is 22.4. The molecule has 0 spiro atoms. The molecular weight excluding hydrogens is 464 g/mol. The summed E-state index contributed by atoms with van der Waals surface area (Å²) in [6.07, 6.45) is 1.84. The van der Waals surface area contributed by atoms with Crippen LogP contribution in [0, 0.1) is 20.8 Å². The number of carbonyl (C=O) groups is 1. The number of benzene rings is 2. The van der Waals surface area contributed by atoms with Gasteiger partial charge in [0.15, 0.2) is 11.6 Å². The molecule has 0 saturated heterocycles. The van der Waals surface area contributed by atoms with E-state index in [0.29, 0.717) is 18.1 Å². The summed E-state index contributed by atoms with van der Waals surface area (Å²) in [7, 11) is 5.73. The van der Waals surface area contributed by atoms with Gasteiger partial charge in [-0.05, 0) is 57.5 Å². The van der Waals surface area contributed by atoms with E-state index < -0.39 is 0 Å². The van der Waals surface area contributed by atoms with Gasteiger partial charge in [0, 0.05) is 61.8 Å². The summed E-state index contributed by atoms with van der Waals surface area (Å²) in [4.78, 5) is 27.3. The molecule has 0 aliphatic rings. The van der Waals surface area contributed by atoms with E-state index in [-0.39, 0.29) is 5.91 Å². The number of anilines is 1. The van der Waals surface area contributed by atoms with Gasteiger partial charge in [-0.3, -0.25) is 14.6 Å². The highest BCUT2D eigenvalue weighted by Crippen LogP contribution is 2.32. The second kappa shape index (κ2) is 9.31. The van der Waals surface area contributed by atoms with Gasteiger partial charge in [0.1, 0.15) is 5.69 Å². The second-order valence-electron chi connectivity index (χ2n) is 9.80. The molecule has 1 N–H and O–H groups in total. The van der Waals surface area contributed by atoms with E-state index in [9.17, 15) is 4.79 Å². The van der Waals surface area contributed by atoms with Crippen LogP contribution in [-0.2, 0) is 13.1 Å². The second-order valence-corrected chi connectivity index (χ2v) is 9.80. The van der Waals surface area contributed by atoms with Gasteiger partial charge in [0.25, 0.3) is 5.91 Å². The molecule has 190 valence electrons. The lowest BCUT2D eigenvalue weighted by molar-refractivity contribution is 0.0781. The zero-order chi connectivity index (χ0) is 26.4. The van der Waals surface area contributed by atoms with Crippen LogP contribution in [0.15, 0.2) is 36.5 Å². The van der Waals surface area contributed by atoms with Crippen LogP contribution >= 0.6 is 0 Å². The van der Waals surface area contributed by atoms with Gasteiger partial charge in [-0.1, -0.05) is 11.6 Å². The highest BCUT2D eigenvalue weighted by atomic mass is 16.2. The van der Waals surface area contributed by atoms with E-state index in [2.05, 4.69) is 34.4 Å². The fourth-order valence-corrected chi connectivity index (χ4v) is 4.73. The number of aromatic amines is 1. The molecule has 2 aromatic carbocycles. The van der Waals surface area contributed by atoms with Crippen molar-refractivity contribution in [2.45, 2.75) is 40.8 Å². The smallest absolute Gasteiger partial charge is 0.273 e. The number of carbonyl (C=O) groups excluding carboxylic acids is 1. The lowest BCUT2D eigenvalue weighted by atomic mass is 10.0. The summed E-state index contributed by atoms with van der Waals surface area (Å²) in [5.74, 6) is 1.21. The quantitative estimate of drug-likeness (QED) is 0.368. The van der Waals surface area contributed by atoms with E-state index in [0.717, 1.165) is 62.1 Å². The van der Waals surface area contributed by atoms with Gasteiger partial charge in [0.05, 0.1) is 17.2 Å². The standard InChI is InChI=1S/C28H32N8O/c1-8-36-18(4)19(14-29-36)15-35(7)28(37)25-21-11-16(2)9-10-23(21)30-26(31-25)20-13-22-24(12-17(20)3)32-33-27(22)34(5)6/h9-14H,8,15H2,1-7H3,(H,32,33). The summed E-state index contributed by atoms with van der Waals surface area (Å²) in [5.41, 5.74) is 7.08. The van der Waals surface area contributed by atoms with Crippen LogP contribution in [0.5, 0.6) is 0 Å². The van der Waals surface area contributed by atoms with E-state index >= 15 is 0 Å². The number of nitrogens with zero attached hydrogens (tertiary/aromatic N) is 7. The lowest BCUT2D eigenvalue weighted by Gasteiger charge is -2.19. The summed E-state index contributed by atoms with van der Waals surface area (Å²) in [5, 5.41) is 13.7. The van der Waals surface area contributed by atoms with Crippen molar-refractivity contribution < 1.29 is 4.79 Å². The van der Waals surface area contributed by atoms with E-state index in [1.807, 2.05) is 68.8 Å². The molecule has 0 atom stereocenters. The van der Waals surface area contributed by atoms with Crippen LogP contribution in [-0.4, -0.2) is 61.9 Å². The van der Waals surface area contributed by atoms with Crippen molar-refractivity contribution in [2.75, 3.05) is 26.0 Å². The predicted molar refractivity (Wildman–Crippen MR) is 147 cm³/mol. The first-order valence-corrected chi connectivity index (χ1v) is 12.4. The molecule has 0 aliphatic carbocycles. The van der Waals surface area contributed by atoms with Crippen LogP contribution in [0.4, 0.5) is 5.82 Å². The molecule has 0 aliphatic heterocycles. The number of aromatic nitrogens is 6. The third-order valence-corrected chi connectivity index (χ3v) is 6.86. The van der Waals surface area contributed by atoms with Gasteiger partial charge in [-0.15, -0.1) is 0 Å². The van der Waals surface area contributed by atoms with Gasteiger partial charge in [-0.25, -0.2) is 9.97 Å². The van der Waals surface area contributed by atoms with E-state index in [4.69, 9.17) is 9.97 Å². The van der Waals surface area contributed by atoms with Crippen LogP contribution < -0.4 is 4.90 Å². The molecule has 5 rings (SSSR count). The van der Waals surface area contributed by atoms with Crippen LogP contribution in [0.2, 0.25) is 0 Å². The maximum Gasteiger partial charge on any atom is 0.273 e. The minimum atomic E-state index is -0.154. The summed E-state index contributed by atoms with van der Waals surface area (Å²) >= 11 is 0. The Morgan fingerprint density at radius 3 is 2.51 bits per heavy atom. The highest BCUT2D eigenvalue weighted by molar-refractivity contribution is 6.05. The molecule has 3 heterocycles. The molecule has 5 aromatic rings. The van der Waals surface area contributed by atoms with Crippen LogP contribution in [0.3, 0.4) is 0 Å². The fourth-order valence-electron chi connectivity index (χ4n) is 4.73. The molecule has 0 bridgehead atoms. The number of nitrogens with one attached hydrogen (secondary N) is 1. The normalized spacial score (nSPS) is 11.4. The summed E-state index contributed by atoms with van der Waals surface area (Å²) < 4.78 is 1.94. The number of aryl methyl sites for hydroxylation is 3. The predicted octanol–water partition coefficient (Wildman–Crippen LogP) is 4.65. The molecule has 3 aromatic heterocycles. The minimum Gasteiger partial charge on any atom is -0.361 e. The van der Waals surface area contributed by atoms with Gasteiger partial charge in [-0.2, -0.15) is 10.2 Å². The Kier molecular flexibility index (Phi) is 6.15. The van der Waals surface area contributed by atoms with Gasteiger partial charge in [0.2, 0.25) is 0 Å². The van der Waals surface area contributed by atoms with Crippen molar-refractivity contribution >= 4 is 33.5 Å². The third-order valence-electron chi connectivity index (χ3n) is 6.86. The van der Waals surface area contributed by atoms with Crippen molar-refractivity contribution in [3.05, 3.63) is 64.6 Å². The first kappa shape index (κ1) is 24.4. The molecule has 9 heteroatoms. The SMILES string of the molecule is CCn1ncc(CN(C)C(=O)c2nc(-c3cc4c(N(C)C)n[nH]c4cc3C)nc3ccc(C)cc23)c1C. The van der Waals surface area contributed by atoms with Crippen molar-refractivity contribution in [3.8, 4) is 11.4 Å². The number of hydrogen-bond acceptors (Lipinski definition) is 6. The largest absolute Gasteiger partial charge is 0.361 e. The highest BCUT2D eigenvalue weighted by Gasteiger charge is 2.22. The fraction of sp³-hybridized carbons (Fsp3) is 0.321. The van der Waals surface area contributed by atoms with Crippen molar-refractivity contribution in [3.63, 3.8) is 0 Å². The first-order valence-electron chi connectivity index (χ1n) is 12.4. The Balaban J connectivity index is 1.63. The Bertz CT molecular complexity index is 1650. The third kappa shape index (κ3) is 4.30. The molecule has 9 nitrogen and oxygen atoms in total. The van der Waals surface area contributed by atoms with Crippen LogP contribution in [0.25, 0.3) is 33.2 Å². The molecule has 1 amide bonds. The summed E-state index contributed by atoms with van der Waals surface area (Å²) in [6.45, 7) is 9.35. The molecule has 0 radical (unpaired) electrons. The average molecular weight is 497 g/mol. The van der Waals surface area contributed by atoms with Gasteiger partial charge >= 0.3 is 0 Å². The molecule has 0 unspecified atom stereocenters.